The molecular weight excluding hydrogens is 246 g/mol. The molecule has 1 N–H and O–H groups in total. The van der Waals surface area contributed by atoms with Crippen molar-refractivity contribution in [1.29, 1.82) is 0 Å². The minimum absolute atomic E-state index is 0.423. The van der Waals surface area contributed by atoms with Crippen molar-refractivity contribution in [3.8, 4) is 5.69 Å². The molecule has 1 heterocycles. The molecule has 0 spiro atoms. The molecule has 1 aromatic heterocycles. The summed E-state index contributed by atoms with van der Waals surface area (Å²) in [6.45, 7) is 5.20. The normalized spacial score (nSPS) is 11.2. The summed E-state index contributed by atoms with van der Waals surface area (Å²) in [4.78, 5) is 0. The second-order valence-electron chi connectivity index (χ2n) is 4.63. The predicted molar refractivity (Wildman–Crippen MR) is 75.4 cm³/mol. The molecule has 2 aromatic rings. The van der Waals surface area contributed by atoms with Gasteiger partial charge in [-0.25, -0.2) is 4.68 Å². The Morgan fingerprint density at radius 3 is 2.50 bits per heavy atom. The molecule has 0 saturated heterocycles. The Labute approximate surface area is 113 Å². The molecule has 0 aliphatic rings. The van der Waals surface area contributed by atoms with Gasteiger partial charge in [-0.2, -0.15) is 5.10 Å². The van der Waals surface area contributed by atoms with Crippen LogP contribution < -0.4 is 5.32 Å². The third-order valence-electron chi connectivity index (χ3n) is 2.87. The monoisotopic (exact) mass is 263 g/mol. The van der Waals surface area contributed by atoms with Crippen LogP contribution in [-0.4, -0.2) is 16.8 Å². The van der Waals surface area contributed by atoms with E-state index < -0.39 is 0 Å². The van der Waals surface area contributed by atoms with Crippen molar-refractivity contribution in [3.05, 3.63) is 46.7 Å². The first kappa shape index (κ1) is 13.1. The van der Waals surface area contributed by atoms with Crippen LogP contribution in [0.2, 0.25) is 5.02 Å². The van der Waals surface area contributed by atoms with Crippen LogP contribution in [0, 0.1) is 0 Å². The van der Waals surface area contributed by atoms with Crippen molar-refractivity contribution >= 4 is 11.6 Å². The summed E-state index contributed by atoms with van der Waals surface area (Å²) in [6, 6.07) is 7.76. The van der Waals surface area contributed by atoms with Crippen molar-refractivity contribution in [2.75, 3.05) is 7.05 Å². The quantitative estimate of drug-likeness (QED) is 0.917. The van der Waals surface area contributed by atoms with Gasteiger partial charge >= 0.3 is 0 Å². The summed E-state index contributed by atoms with van der Waals surface area (Å²) in [7, 11) is 1.95. The fourth-order valence-corrected chi connectivity index (χ4v) is 2.25. The topological polar surface area (TPSA) is 29.9 Å². The molecule has 2 rings (SSSR count). The number of hydrogen-bond acceptors (Lipinski definition) is 2. The third-order valence-corrected chi connectivity index (χ3v) is 3.12. The van der Waals surface area contributed by atoms with E-state index in [0.717, 1.165) is 17.3 Å². The Hall–Kier alpha value is -1.32. The molecule has 0 radical (unpaired) electrons. The number of rotatable bonds is 4. The highest BCUT2D eigenvalue weighted by Crippen LogP contribution is 2.23. The predicted octanol–water partition coefficient (Wildman–Crippen LogP) is 3.37. The smallest absolute Gasteiger partial charge is 0.0650 e. The van der Waals surface area contributed by atoms with Gasteiger partial charge in [0.25, 0.3) is 0 Å². The van der Waals surface area contributed by atoms with Gasteiger partial charge in [0.05, 0.1) is 17.6 Å². The summed E-state index contributed by atoms with van der Waals surface area (Å²) in [5.41, 5.74) is 3.53. The average Bonchev–Trinajstić information content (AvgIpc) is 2.74. The lowest BCUT2D eigenvalue weighted by atomic mass is 10.1. The van der Waals surface area contributed by atoms with E-state index in [1.54, 1.807) is 0 Å². The Balaban J connectivity index is 2.47. The minimum atomic E-state index is 0.423. The maximum absolute atomic E-state index is 5.92. The van der Waals surface area contributed by atoms with Crippen molar-refractivity contribution in [3.63, 3.8) is 0 Å². The van der Waals surface area contributed by atoms with Crippen molar-refractivity contribution < 1.29 is 0 Å². The van der Waals surface area contributed by atoms with Gasteiger partial charge in [0.15, 0.2) is 0 Å². The highest BCUT2D eigenvalue weighted by atomic mass is 35.5. The summed E-state index contributed by atoms with van der Waals surface area (Å²) in [5, 5.41) is 8.41. The molecule has 0 saturated carbocycles. The van der Waals surface area contributed by atoms with Crippen LogP contribution in [0.5, 0.6) is 0 Å². The van der Waals surface area contributed by atoms with Gasteiger partial charge in [0.1, 0.15) is 0 Å². The Kier molecular flexibility index (Phi) is 4.04. The average molecular weight is 264 g/mol. The fourth-order valence-electron chi connectivity index (χ4n) is 2.12. The number of halogens is 1. The lowest BCUT2D eigenvalue weighted by molar-refractivity contribution is 0.713. The van der Waals surface area contributed by atoms with Crippen LogP contribution in [0.15, 0.2) is 30.5 Å². The zero-order valence-electron chi connectivity index (χ0n) is 10.9. The lowest BCUT2D eigenvalue weighted by Gasteiger charge is -2.12. The SMILES string of the molecule is CNCc1cnn(-c2ccc(Cl)cc2)c1C(C)C. The maximum Gasteiger partial charge on any atom is 0.0650 e. The largest absolute Gasteiger partial charge is 0.316 e. The first-order valence-electron chi connectivity index (χ1n) is 6.10. The molecule has 0 fully saturated rings. The third kappa shape index (κ3) is 2.57. The van der Waals surface area contributed by atoms with Gasteiger partial charge in [0.2, 0.25) is 0 Å². The molecule has 18 heavy (non-hydrogen) atoms. The van der Waals surface area contributed by atoms with E-state index in [2.05, 4.69) is 24.3 Å². The van der Waals surface area contributed by atoms with Crippen LogP contribution in [0.1, 0.15) is 31.0 Å². The van der Waals surface area contributed by atoms with Crippen molar-refractivity contribution in [2.45, 2.75) is 26.3 Å². The van der Waals surface area contributed by atoms with E-state index in [9.17, 15) is 0 Å². The molecule has 0 aliphatic carbocycles. The van der Waals surface area contributed by atoms with Crippen LogP contribution >= 0.6 is 11.6 Å². The van der Waals surface area contributed by atoms with Crippen LogP contribution in [-0.2, 0) is 6.54 Å². The number of nitrogens with zero attached hydrogens (tertiary/aromatic N) is 2. The Bertz CT molecular complexity index is 514. The standard InChI is InChI=1S/C14H18ClN3/c1-10(2)14-11(8-16-3)9-17-18(14)13-6-4-12(15)5-7-13/h4-7,9-10,16H,8H2,1-3H3. The number of benzene rings is 1. The zero-order chi connectivity index (χ0) is 13.1. The maximum atomic E-state index is 5.92. The van der Waals surface area contributed by atoms with Gasteiger partial charge in [-0.15, -0.1) is 0 Å². The van der Waals surface area contributed by atoms with Gasteiger partial charge in [-0.1, -0.05) is 25.4 Å². The zero-order valence-corrected chi connectivity index (χ0v) is 11.7. The van der Waals surface area contributed by atoms with Crippen molar-refractivity contribution in [1.82, 2.24) is 15.1 Å². The molecular formula is C14H18ClN3. The van der Waals surface area contributed by atoms with E-state index in [1.165, 1.54) is 11.3 Å². The molecule has 0 atom stereocenters. The Morgan fingerprint density at radius 2 is 1.94 bits per heavy atom. The van der Waals surface area contributed by atoms with Gasteiger partial charge < -0.3 is 5.32 Å². The molecule has 1 aromatic carbocycles. The summed E-state index contributed by atoms with van der Waals surface area (Å²) < 4.78 is 1.99. The molecule has 96 valence electrons. The second kappa shape index (κ2) is 5.55. The molecule has 3 nitrogen and oxygen atoms in total. The molecule has 4 heteroatoms. The summed E-state index contributed by atoms with van der Waals surface area (Å²) in [6.07, 6.45) is 1.93. The van der Waals surface area contributed by atoms with E-state index in [0.29, 0.717) is 5.92 Å². The van der Waals surface area contributed by atoms with Crippen LogP contribution in [0.25, 0.3) is 5.69 Å². The first-order chi connectivity index (χ1) is 8.63. The van der Waals surface area contributed by atoms with Gasteiger partial charge in [-0.05, 0) is 37.2 Å². The summed E-state index contributed by atoms with van der Waals surface area (Å²) >= 11 is 5.92. The number of nitrogens with one attached hydrogen (secondary N) is 1. The van der Waals surface area contributed by atoms with Crippen LogP contribution in [0.3, 0.4) is 0 Å². The van der Waals surface area contributed by atoms with Crippen molar-refractivity contribution in [2.24, 2.45) is 0 Å². The van der Waals surface area contributed by atoms with Gasteiger partial charge in [-0.3, -0.25) is 0 Å². The van der Waals surface area contributed by atoms with E-state index in [4.69, 9.17) is 11.6 Å². The molecule has 0 amide bonds. The molecule has 0 unspecified atom stereocenters. The minimum Gasteiger partial charge on any atom is -0.316 e. The summed E-state index contributed by atoms with van der Waals surface area (Å²) in [5.74, 6) is 0.423. The highest BCUT2D eigenvalue weighted by Gasteiger charge is 2.14. The van der Waals surface area contributed by atoms with E-state index >= 15 is 0 Å². The Morgan fingerprint density at radius 1 is 1.28 bits per heavy atom. The fraction of sp³-hybridized carbons (Fsp3) is 0.357. The van der Waals surface area contributed by atoms with Gasteiger partial charge in [0, 0.05) is 17.1 Å². The molecule has 0 aliphatic heterocycles. The number of hydrogen-bond donors (Lipinski definition) is 1. The highest BCUT2D eigenvalue weighted by molar-refractivity contribution is 6.30. The molecule has 0 bridgehead atoms. The number of aromatic nitrogens is 2. The first-order valence-corrected chi connectivity index (χ1v) is 6.48. The van der Waals surface area contributed by atoms with E-state index in [1.807, 2.05) is 42.2 Å². The second-order valence-corrected chi connectivity index (χ2v) is 5.06. The van der Waals surface area contributed by atoms with E-state index in [-0.39, 0.29) is 0 Å². The lowest BCUT2D eigenvalue weighted by Crippen LogP contribution is -2.10. The van der Waals surface area contributed by atoms with Crippen LogP contribution in [0.4, 0.5) is 0 Å².